The maximum absolute atomic E-state index is 2.64. The predicted octanol–water partition coefficient (Wildman–Crippen LogP) is -2.30. The summed E-state index contributed by atoms with van der Waals surface area (Å²) in [6.07, 6.45) is 8.09. The van der Waals surface area contributed by atoms with Crippen LogP contribution in [-0.4, -0.2) is 24.5 Å². The van der Waals surface area contributed by atoms with E-state index in [0.717, 1.165) is 0 Å². The Morgan fingerprint density at radius 1 is 0.667 bits per heavy atom. The number of rotatable bonds is 9. The number of halogens is 1. The van der Waals surface area contributed by atoms with Gasteiger partial charge in [-0.15, -0.1) is 0 Å². The third-order valence-corrected chi connectivity index (χ3v) is 2.48. The van der Waals surface area contributed by atoms with E-state index in [-0.39, 0.29) is 42.0 Å². The van der Waals surface area contributed by atoms with Crippen LogP contribution in [0.3, 0.4) is 0 Å². The molecule has 0 aliphatic heterocycles. The zero-order valence-corrected chi connectivity index (χ0v) is 13.9. The van der Waals surface area contributed by atoms with Gasteiger partial charge in [-0.05, 0) is 38.9 Å². The van der Waals surface area contributed by atoms with E-state index in [9.17, 15) is 0 Å². The number of hydrogen-bond acceptors (Lipinski definition) is 1. The van der Waals surface area contributed by atoms with Gasteiger partial charge in [0.1, 0.15) is 0 Å². The first kappa shape index (κ1) is 21.5. The quantitative estimate of drug-likeness (QED) is 0.412. The van der Waals surface area contributed by atoms with Crippen molar-refractivity contribution >= 4 is 0 Å². The molecule has 0 fully saturated rings. The molecule has 15 heavy (non-hydrogen) atoms. The zero-order valence-electron chi connectivity index (χ0n) is 11.2. The van der Waals surface area contributed by atoms with Crippen LogP contribution in [0.2, 0.25) is 0 Å². The maximum Gasteiger partial charge on any atom is 1.00 e. The summed E-state index contributed by atoms with van der Waals surface area (Å²) in [4.78, 5) is 2.64. The third kappa shape index (κ3) is 15.2. The molecule has 0 aromatic rings. The monoisotopic (exact) mass is 243 g/mol. The van der Waals surface area contributed by atoms with Gasteiger partial charge in [0.15, 0.2) is 0 Å². The van der Waals surface area contributed by atoms with E-state index in [1.165, 1.54) is 58.2 Å². The Kier molecular flexibility index (Phi) is 25.3. The predicted molar refractivity (Wildman–Crippen MR) is 61.2 cm³/mol. The summed E-state index contributed by atoms with van der Waals surface area (Å²) in [6, 6.07) is 0. The molecule has 0 spiro atoms. The Morgan fingerprint density at radius 3 is 1.13 bits per heavy atom. The Morgan fingerprint density at radius 2 is 0.933 bits per heavy atom. The Balaban J connectivity index is -0.000000720. The molecule has 0 aromatic carbocycles. The van der Waals surface area contributed by atoms with Gasteiger partial charge in [0.2, 0.25) is 0 Å². The molecule has 0 heterocycles. The molecular formula is C12H27ClNNa. The summed E-state index contributed by atoms with van der Waals surface area (Å²) in [6.45, 7) is 10.8. The smallest absolute Gasteiger partial charge is 1.00 e. The molecule has 0 bridgehead atoms. The number of nitrogens with zero attached hydrogens (tertiary/aromatic N) is 1. The van der Waals surface area contributed by atoms with Crippen LogP contribution >= 0.6 is 0 Å². The van der Waals surface area contributed by atoms with Crippen LogP contribution in [-0.2, 0) is 0 Å². The van der Waals surface area contributed by atoms with Gasteiger partial charge in [-0.2, -0.15) is 0 Å². The topological polar surface area (TPSA) is 3.24 Å². The SMILES string of the molecule is CCCCN(CCCC)CCCC.[Cl-].[Na+]. The van der Waals surface area contributed by atoms with Crippen LogP contribution in [0.25, 0.3) is 0 Å². The van der Waals surface area contributed by atoms with Crippen LogP contribution in [0.15, 0.2) is 0 Å². The van der Waals surface area contributed by atoms with Crippen molar-refractivity contribution < 1.29 is 42.0 Å². The van der Waals surface area contributed by atoms with Crippen molar-refractivity contribution in [1.82, 2.24) is 4.90 Å². The standard InChI is InChI=1S/C12H27N.ClH.Na/c1-4-7-10-13(11-8-5-2)12-9-6-3;;/h4-12H2,1-3H3;1H;/q;;+1/p-1. The first-order valence-corrected chi connectivity index (χ1v) is 6.07. The largest absolute Gasteiger partial charge is 1.00 e. The van der Waals surface area contributed by atoms with Crippen molar-refractivity contribution in [2.45, 2.75) is 59.3 Å². The third-order valence-electron chi connectivity index (χ3n) is 2.48. The minimum absolute atomic E-state index is 0. The fourth-order valence-corrected chi connectivity index (χ4v) is 1.48. The molecule has 0 amide bonds. The van der Waals surface area contributed by atoms with Crippen molar-refractivity contribution in [2.75, 3.05) is 19.6 Å². The molecule has 0 aliphatic rings. The fraction of sp³-hybridized carbons (Fsp3) is 1.00. The van der Waals surface area contributed by atoms with E-state index in [0.29, 0.717) is 0 Å². The summed E-state index contributed by atoms with van der Waals surface area (Å²) in [7, 11) is 0. The van der Waals surface area contributed by atoms with Gasteiger partial charge in [0.25, 0.3) is 0 Å². The van der Waals surface area contributed by atoms with Gasteiger partial charge >= 0.3 is 29.6 Å². The molecular weight excluding hydrogens is 217 g/mol. The van der Waals surface area contributed by atoms with Gasteiger partial charge in [-0.3, -0.25) is 0 Å². The first-order valence-electron chi connectivity index (χ1n) is 6.07. The van der Waals surface area contributed by atoms with Crippen molar-refractivity contribution in [3.05, 3.63) is 0 Å². The molecule has 0 radical (unpaired) electrons. The summed E-state index contributed by atoms with van der Waals surface area (Å²) in [5.41, 5.74) is 0. The second kappa shape index (κ2) is 17.6. The number of hydrogen-bond donors (Lipinski definition) is 0. The van der Waals surface area contributed by atoms with Crippen LogP contribution in [0.4, 0.5) is 0 Å². The zero-order chi connectivity index (χ0) is 9.94. The van der Waals surface area contributed by atoms with Crippen molar-refractivity contribution in [2.24, 2.45) is 0 Å². The van der Waals surface area contributed by atoms with E-state index in [4.69, 9.17) is 0 Å². The Labute approximate surface area is 125 Å². The van der Waals surface area contributed by atoms with E-state index in [2.05, 4.69) is 25.7 Å². The summed E-state index contributed by atoms with van der Waals surface area (Å²) in [5.74, 6) is 0. The van der Waals surface area contributed by atoms with E-state index in [1.807, 2.05) is 0 Å². The van der Waals surface area contributed by atoms with Gasteiger partial charge in [-0.25, -0.2) is 0 Å². The van der Waals surface area contributed by atoms with Crippen molar-refractivity contribution in [3.63, 3.8) is 0 Å². The summed E-state index contributed by atoms with van der Waals surface area (Å²) >= 11 is 0. The minimum Gasteiger partial charge on any atom is -1.00 e. The molecule has 0 saturated heterocycles. The summed E-state index contributed by atoms with van der Waals surface area (Å²) < 4.78 is 0. The molecule has 1 nitrogen and oxygen atoms in total. The van der Waals surface area contributed by atoms with Crippen LogP contribution in [0.1, 0.15) is 59.3 Å². The van der Waals surface area contributed by atoms with Gasteiger partial charge in [0.05, 0.1) is 0 Å². The molecule has 88 valence electrons. The first-order chi connectivity index (χ1) is 6.35. The average Bonchev–Trinajstić information content (AvgIpc) is 2.17. The van der Waals surface area contributed by atoms with Crippen molar-refractivity contribution in [1.29, 1.82) is 0 Å². The van der Waals surface area contributed by atoms with E-state index in [1.54, 1.807) is 0 Å². The maximum atomic E-state index is 2.64. The van der Waals surface area contributed by atoms with Gasteiger partial charge < -0.3 is 17.3 Å². The second-order valence-electron chi connectivity index (χ2n) is 3.90. The Hall–Kier alpha value is 1.25. The summed E-state index contributed by atoms with van der Waals surface area (Å²) in [5, 5.41) is 0. The van der Waals surface area contributed by atoms with Crippen LogP contribution in [0.5, 0.6) is 0 Å². The second-order valence-corrected chi connectivity index (χ2v) is 3.90. The van der Waals surface area contributed by atoms with E-state index >= 15 is 0 Å². The van der Waals surface area contributed by atoms with Crippen LogP contribution < -0.4 is 42.0 Å². The van der Waals surface area contributed by atoms with Gasteiger partial charge in [0, 0.05) is 0 Å². The molecule has 0 rings (SSSR count). The number of unbranched alkanes of at least 4 members (excludes halogenated alkanes) is 3. The fourth-order valence-electron chi connectivity index (χ4n) is 1.48. The molecule has 0 aliphatic carbocycles. The normalized spacial score (nSPS) is 9.60. The van der Waals surface area contributed by atoms with Gasteiger partial charge in [-0.1, -0.05) is 40.0 Å². The minimum atomic E-state index is 0. The molecule has 0 atom stereocenters. The van der Waals surface area contributed by atoms with Crippen molar-refractivity contribution in [3.8, 4) is 0 Å². The molecule has 3 heteroatoms. The molecule has 0 aromatic heterocycles. The Bertz CT molecular complexity index is 82.6. The van der Waals surface area contributed by atoms with Crippen LogP contribution in [0, 0.1) is 0 Å². The molecule has 0 N–H and O–H groups in total. The van der Waals surface area contributed by atoms with E-state index < -0.39 is 0 Å². The average molecular weight is 244 g/mol. The molecule has 0 saturated carbocycles. The molecule has 0 unspecified atom stereocenters.